The second kappa shape index (κ2) is 5.87. The lowest BCUT2D eigenvalue weighted by Crippen LogP contribution is -2.29. The average Bonchev–Trinajstić information content (AvgIpc) is 2.88. The first-order valence-electron chi connectivity index (χ1n) is 6.67. The maximum Gasteiger partial charge on any atom is 0.261 e. The largest absolute Gasteiger partial charge is 0.261 e. The van der Waals surface area contributed by atoms with Crippen molar-refractivity contribution in [2.75, 3.05) is 13.1 Å². The van der Waals surface area contributed by atoms with E-state index in [-0.39, 0.29) is 9.79 Å². The molecule has 0 radical (unpaired) electrons. The molecule has 0 N–H and O–H groups in total. The first-order chi connectivity index (χ1) is 9.62. The second-order valence-corrected chi connectivity index (χ2v) is 10.1. The van der Waals surface area contributed by atoms with Crippen LogP contribution in [0, 0.1) is 11.8 Å². The molecule has 1 saturated heterocycles. The topological polar surface area (TPSA) is 71.5 Å². The number of hydrogen-bond acceptors (Lipinski definition) is 4. The fourth-order valence-electron chi connectivity index (χ4n) is 2.45. The van der Waals surface area contributed by atoms with Gasteiger partial charge in [-0.1, -0.05) is 19.9 Å². The highest BCUT2D eigenvalue weighted by Gasteiger charge is 2.34. The highest BCUT2D eigenvalue weighted by Crippen LogP contribution is 2.29. The molecule has 0 amide bonds. The van der Waals surface area contributed by atoms with E-state index in [2.05, 4.69) is 13.8 Å². The highest BCUT2D eigenvalue weighted by molar-refractivity contribution is 8.13. The van der Waals surface area contributed by atoms with Crippen LogP contribution in [0.4, 0.5) is 0 Å². The maximum absolute atomic E-state index is 12.6. The lowest BCUT2D eigenvalue weighted by atomic mass is 9.96. The summed E-state index contributed by atoms with van der Waals surface area (Å²) < 4.78 is 49.2. The molecule has 0 bridgehead atoms. The average molecular weight is 352 g/mol. The lowest BCUT2D eigenvalue weighted by Gasteiger charge is -2.18. The van der Waals surface area contributed by atoms with Gasteiger partial charge in [0.2, 0.25) is 10.0 Å². The highest BCUT2D eigenvalue weighted by atomic mass is 35.7. The molecular weight excluding hydrogens is 334 g/mol. The summed E-state index contributed by atoms with van der Waals surface area (Å²) in [7, 11) is -2.35. The van der Waals surface area contributed by atoms with Crippen LogP contribution in [0.1, 0.15) is 20.3 Å². The fourth-order valence-corrected chi connectivity index (χ4v) is 4.88. The van der Waals surface area contributed by atoms with Crippen LogP contribution < -0.4 is 0 Å². The van der Waals surface area contributed by atoms with Gasteiger partial charge < -0.3 is 0 Å². The molecule has 1 unspecified atom stereocenters. The molecule has 0 spiro atoms. The van der Waals surface area contributed by atoms with Gasteiger partial charge in [-0.25, -0.2) is 16.8 Å². The molecule has 1 aliphatic heterocycles. The Morgan fingerprint density at radius 2 is 1.81 bits per heavy atom. The van der Waals surface area contributed by atoms with Crippen LogP contribution in [0.3, 0.4) is 0 Å². The van der Waals surface area contributed by atoms with Crippen molar-refractivity contribution in [1.29, 1.82) is 0 Å². The van der Waals surface area contributed by atoms with Crippen molar-refractivity contribution < 1.29 is 16.8 Å². The van der Waals surface area contributed by atoms with Gasteiger partial charge in [0, 0.05) is 23.8 Å². The number of nitrogens with zero attached hydrogens (tertiary/aromatic N) is 1. The summed E-state index contributed by atoms with van der Waals surface area (Å²) in [6, 6.07) is 5.17. The van der Waals surface area contributed by atoms with Gasteiger partial charge in [-0.05, 0) is 36.5 Å². The van der Waals surface area contributed by atoms with Crippen LogP contribution in [-0.2, 0) is 19.1 Å². The first kappa shape index (κ1) is 16.7. The molecule has 1 aliphatic rings. The summed E-state index contributed by atoms with van der Waals surface area (Å²) in [6.45, 7) is 5.07. The molecule has 0 saturated carbocycles. The maximum atomic E-state index is 12.6. The standard InChI is InChI=1S/C13H18ClNO4S2/c1-10(2)11-6-7-15(9-11)21(18,19)13-5-3-4-12(8-13)20(14,16)17/h3-5,8,10-11H,6-7,9H2,1-2H3. The van der Waals surface area contributed by atoms with E-state index in [1.54, 1.807) is 0 Å². The van der Waals surface area contributed by atoms with Gasteiger partial charge in [0.25, 0.3) is 9.05 Å². The molecular formula is C13H18ClNO4S2. The SMILES string of the molecule is CC(C)C1CCN(S(=O)(=O)c2cccc(S(=O)(=O)Cl)c2)C1. The quantitative estimate of drug-likeness (QED) is 0.780. The number of rotatable bonds is 4. The molecule has 21 heavy (non-hydrogen) atoms. The summed E-state index contributed by atoms with van der Waals surface area (Å²) in [5.74, 6) is 0.750. The number of halogens is 1. The lowest BCUT2D eigenvalue weighted by molar-refractivity contribution is 0.388. The van der Waals surface area contributed by atoms with Crippen LogP contribution in [0.2, 0.25) is 0 Å². The van der Waals surface area contributed by atoms with Crippen LogP contribution >= 0.6 is 10.7 Å². The van der Waals surface area contributed by atoms with E-state index in [9.17, 15) is 16.8 Å². The molecule has 1 fully saturated rings. The molecule has 1 aromatic rings. The van der Waals surface area contributed by atoms with Crippen molar-refractivity contribution >= 4 is 29.8 Å². The zero-order valence-corrected chi connectivity index (χ0v) is 14.2. The van der Waals surface area contributed by atoms with Gasteiger partial charge in [0.15, 0.2) is 0 Å². The van der Waals surface area contributed by atoms with Gasteiger partial charge in [0.05, 0.1) is 9.79 Å². The van der Waals surface area contributed by atoms with E-state index in [0.29, 0.717) is 24.9 Å². The van der Waals surface area contributed by atoms with Gasteiger partial charge in [-0.15, -0.1) is 0 Å². The van der Waals surface area contributed by atoms with Gasteiger partial charge in [0.1, 0.15) is 0 Å². The molecule has 1 heterocycles. The Labute approximate surface area is 130 Å². The Balaban J connectivity index is 2.33. The first-order valence-corrected chi connectivity index (χ1v) is 10.4. The minimum atomic E-state index is -3.94. The minimum absolute atomic E-state index is 0.0337. The predicted molar refractivity (Wildman–Crippen MR) is 81.2 cm³/mol. The molecule has 118 valence electrons. The zero-order chi connectivity index (χ0) is 15.8. The molecule has 0 aliphatic carbocycles. The summed E-state index contributed by atoms with van der Waals surface area (Å²) in [5, 5.41) is 0. The number of benzene rings is 1. The third-order valence-electron chi connectivity index (χ3n) is 3.86. The third-order valence-corrected chi connectivity index (χ3v) is 7.07. The van der Waals surface area contributed by atoms with Crippen molar-refractivity contribution in [3.8, 4) is 0 Å². The molecule has 2 rings (SSSR count). The van der Waals surface area contributed by atoms with Gasteiger partial charge >= 0.3 is 0 Å². The minimum Gasteiger partial charge on any atom is -0.207 e. The van der Waals surface area contributed by atoms with Crippen molar-refractivity contribution in [3.63, 3.8) is 0 Å². The Morgan fingerprint density at radius 3 is 2.33 bits per heavy atom. The molecule has 0 aromatic heterocycles. The van der Waals surface area contributed by atoms with Crippen molar-refractivity contribution in [2.45, 2.75) is 30.1 Å². The van der Waals surface area contributed by atoms with E-state index in [4.69, 9.17) is 10.7 Å². The second-order valence-electron chi connectivity index (χ2n) is 5.57. The van der Waals surface area contributed by atoms with E-state index >= 15 is 0 Å². The number of sulfonamides is 1. The summed E-state index contributed by atoms with van der Waals surface area (Å²) in [5.41, 5.74) is 0. The summed E-state index contributed by atoms with van der Waals surface area (Å²) >= 11 is 0. The van der Waals surface area contributed by atoms with E-state index in [1.807, 2.05) is 0 Å². The molecule has 8 heteroatoms. The Morgan fingerprint density at radius 1 is 1.19 bits per heavy atom. The normalized spacial score (nSPS) is 21.0. The van der Waals surface area contributed by atoms with Crippen molar-refractivity contribution in [2.24, 2.45) is 11.8 Å². The Bertz CT molecular complexity index is 728. The van der Waals surface area contributed by atoms with E-state index < -0.39 is 19.1 Å². The Hall–Kier alpha value is -0.630. The summed E-state index contributed by atoms with van der Waals surface area (Å²) in [4.78, 5) is -0.238. The van der Waals surface area contributed by atoms with Gasteiger partial charge in [-0.3, -0.25) is 0 Å². The van der Waals surface area contributed by atoms with Crippen LogP contribution in [-0.4, -0.2) is 34.2 Å². The smallest absolute Gasteiger partial charge is 0.207 e. The van der Waals surface area contributed by atoms with E-state index in [1.165, 1.54) is 22.5 Å². The molecule has 5 nitrogen and oxygen atoms in total. The third kappa shape index (κ3) is 3.59. The van der Waals surface area contributed by atoms with Crippen LogP contribution in [0.5, 0.6) is 0 Å². The zero-order valence-electron chi connectivity index (χ0n) is 11.9. The van der Waals surface area contributed by atoms with Crippen LogP contribution in [0.15, 0.2) is 34.1 Å². The monoisotopic (exact) mass is 351 g/mol. The van der Waals surface area contributed by atoms with Crippen molar-refractivity contribution in [3.05, 3.63) is 24.3 Å². The van der Waals surface area contributed by atoms with Gasteiger partial charge in [-0.2, -0.15) is 4.31 Å². The fraction of sp³-hybridized carbons (Fsp3) is 0.538. The van der Waals surface area contributed by atoms with Crippen LogP contribution in [0.25, 0.3) is 0 Å². The van der Waals surface area contributed by atoms with E-state index in [0.717, 1.165) is 12.5 Å². The summed E-state index contributed by atoms with van der Waals surface area (Å²) in [6.07, 6.45) is 0.824. The molecule has 1 aromatic carbocycles. The van der Waals surface area contributed by atoms with Crippen molar-refractivity contribution in [1.82, 2.24) is 4.31 Å². The predicted octanol–water partition coefficient (Wildman–Crippen LogP) is 2.28. The Kier molecular flexibility index (Phi) is 4.68. The molecule has 1 atom stereocenters. The number of hydrogen-bond donors (Lipinski definition) is 0.